The monoisotopic (exact) mass is 238 g/mol. The summed E-state index contributed by atoms with van der Waals surface area (Å²) < 4.78 is 11.7. The highest BCUT2D eigenvalue weighted by atomic mass is 16.6. The Morgan fingerprint density at radius 3 is 2.28 bits per heavy atom. The molecule has 0 amide bonds. The Hall–Kier alpha value is -1.58. The van der Waals surface area contributed by atoms with E-state index >= 15 is 0 Å². The van der Waals surface area contributed by atoms with E-state index in [-0.39, 0.29) is 13.2 Å². The smallest absolute Gasteiger partial charge is 0.407 e. The van der Waals surface area contributed by atoms with Crippen LogP contribution in [0, 0.1) is 0 Å². The lowest BCUT2D eigenvalue weighted by Crippen LogP contribution is -2.41. The molecule has 1 aliphatic heterocycles. The third-order valence-electron chi connectivity index (χ3n) is 3.18. The van der Waals surface area contributed by atoms with Crippen molar-refractivity contribution in [3.63, 3.8) is 0 Å². The van der Waals surface area contributed by atoms with E-state index in [2.05, 4.69) is 12.1 Å². The van der Waals surface area contributed by atoms with Crippen molar-refractivity contribution in [2.45, 2.75) is 12.5 Å². The van der Waals surface area contributed by atoms with Gasteiger partial charge in [0.15, 0.2) is 0 Å². The first-order chi connectivity index (χ1) is 8.93. The molecule has 1 saturated heterocycles. The zero-order valence-corrected chi connectivity index (χ0v) is 10.2. The summed E-state index contributed by atoms with van der Waals surface area (Å²) in [6, 6.07) is 20.4. The van der Waals surface area contributed by atoms with Crippen LogP contribution in [0.5, 0.6) is 0 Å². The molecule has 2 aromatic rings. The minimum atomic E-state index is -0.245. The molecule has 0 aliphatic carbocycles. The molecule has 1 fully saturated rings. The van der Waals surface area contributed by atoms with Crippen molar-refractivity contribution in [3.05, 3.63) is 66.2 Å². The number of benzene rings is 2. The Kier molecular flexibility index (Phi) is 3.44. The Morgan fingerprint density at radius 2 is 1.56 bits per heavy atom. The molecule has 1 atom stereocenters. The van der Waals surface area contributed by atoms with Crippen LogP contribution in [0.4, 0.5) is 0 Å². The topological polar surface area (TPSA) is 18.5 Å². The summed E-state index contributed by atoms with van der Waals surface area (Å²) in [5, 5.41) is 0. The zero-order valence-electron chi connectivity index (χ0n) is 10.2. The average molecular weight is 238 g/mol. The van der Waals surface area contributed by atoms with Crippen LogP contribution in [-0.4, -0.2) is 13.7 Å². The predicted molar refractivity (Wildman–Crippen MR) is 72.7 cm³/mol. The molecule has 3 heteroatoms. The van der Waals surface area contributed by atoms with E-state index in [1.807, 2.05) is 48.5 Å². The van der Waals surface area contributed by atoms with Crippen LogP contribution in [0.15, 0.2) is 60.7 Å². The standard InChI is InChI=1S/C15H15BO2/c1-3-7-13(8-4-1)15-11-12-17-16(18-15)14-9-5-2-6-10-14/h1-10,15H,11-12H2. The molecular formula is C15H15BO2. The Bertz CT molecular complexity index is 441. The lowest BCUT2D eigenvalue weighted by atomic mass is 9.77. The van der Waals surface area contributed by atoms with Crippen LogP contribution >= 0.6 is 0 Å². The first-order valence-corrected chi connectivity index (χ1v) is 6.30. The van der Waals surface area contributed by atoms with Crippen molar-refractivity contribution in [1.82, 2.24) is 0 Å². The number of hydrogen-bond acceptors (Lipinski definition) is 2. The largest absolute Gasteiger partial charge is 0.494 e. The van der Waals surface area contributed by atoms with Gasteiger partial charge in [0.1, 0.15) is 0 Å². The third-order valence-corrected chi connectivity index (χ3v) is 3.18. The van der Waals surface area contributed by atoms with Gasteiger partial charge in [0.25, 0.3) is 0 Å². The summed E-state index contributed by atoms with van der Waals surface area (Å²) in [5.41, 5.74) is 2.31. The molecule has 1 aliphatic rings. The first kappa shape index (κ1) is 11.5. The van der Waals surface area contributed by atoms with Crippen molar-refractivity contribution >= 4 is 12.6 Å². The van der Waals surface area contributed by atoms with Gasteiger partial charge in [-0.25, -0.2) is 0 Å². The summed E-state index contributed by atoms with van der Waals surface area (Å²) in [4.78, 5) is 0. The summed E-state index contributed by atoms with van der Waals surface area (Å²) in [5.74, 6) is 0. The molecule has 0 saturated carbocycles. The lowest BCUT2D eigenvalue weighted by Gasteiger charge is -2.28. The molecule has 0 radical (unpaired) electrons. The lowest BCUT2D eigenvalue weighted by molar-refractivity contribution is 0.0745. The molecule has 18 heavy (non-hydrogen) atoms. The molecular weight excluding hydrogens is 223 g/mol. The second-order valence-electron chi connectivity index (χ2n) is 4.44. The predicted octanol–water partition coefficient (Wildman–Crippen LogP) is 2.56. The van der Waals surface area contributed by atoms with Gasteiger partial charge in [-0.05, 0) is 17.4 Å². The van der Waals surface area contributed by atoms with Crippen molar-refractivity contribution in [2.75, 3.05) is 6.61 Å². The second-order valence-corrected chi connectivity index (χ2v) is 4.44. The fraction of sp³-hybridized carbons (Fsp3) is 0.200. The normalized spacial score (nSPS) is 19.8. The van der Waals surface area contributed by atoms with Crippen molar-refractivity contribution < 1.29 is 9.31 Å². The molecule has 1 unspecified atom stereocenters. The van der Waals surface area contributed by atoms with Gasteiger partial charge in [0.05, 0.1) is 6.10 Å². The van der Waals surface area contributed by atoms with E-state index in [0.717, 1.165) is 18.5 Å². The maximum absolute atomic E-state index is 6.04. The zero-order chi connectivity index (χ0) is 12.2. The highest BCUT2D eigenvalue weighted by Gasteiger charge is 2.30. The second kappa shape index (κ2) is 5.38. The molecule has 2 aromatic carbocycles. The molecule has 2 nitrogen and oxygen atoms in total. The van der Waals surface area contributed by atoms with Crippen molar-refractivity contribution in [1.29, 1.82) is 0 Å². The molecule has 90 valence electrons. The molecule has 0 aromatic heterocycles. The minimum Gasteiger partial charge on any atom is -0.407 e. The van der Waals surface area contributed by atoms with Gasteiger partial charge in [-0.3, -0.25) is 0 Å². The van der Waals surface area contributed by atoms with Crippen LogP contribution in [0.25, 0.3) is 0 Å². The highest BCUT2D eigenvalue weighted by molar-refractivity contribution is 6.61. The van der Waals surface area contributed by atoms with Gasteiger partial charge in [-0.2, -0.15) is 0 Å². The van der Waals surface area contributed by atoms with Crippen LogP contribution in [0.1, 0.15) is 18.1 Å². The maximum atomic E-state index is 6.04. The molecule has 0 spiro atoms. The van der Waals surface area contributed by atoms with Crippen LogP contribution in [0.3, 0.4) is 0 Å². The van der Waals surface area contributed by atoms with Crippen LogP contribution in [-0.2, 0) is 9.31 Å². The number of hydrogen-bond donors (Lipinski definition) is 0. The van der Waals surface area contributed by atoms with Gasteiger partial charge in [-0.1, -0.05) is 60.7 Å². The van der Waals surface area contributed by atoms with E-state index in [9.17, 15) is 0 Å². The Balaban J connectivity index is 1.77. The van der Waals surface area contributed by atoms with E-state index in [1.165, 1.54) is 5.56 Å². The third kappa shape index (κ3) is 2.47. The van der Waals surface area contributed by atoms with E-state index < -0.39 is 0 Å². The fourth-order valence-electron chi connectivity index (χ4n) is 2.24. The maximum Gasteiger partial charge on any atom is 0.494 e. The van der Waals surface area contributed by atoms with Crippen LogP contribution < -0.4 is 5.46 Å². The van der Waals surface area contributed by atoms with Crippen molar-refractivity contribution in [3.8, 4) is 0 Å². The first-order valence-electron chi connectivity index (χ1n) is 6.30. The Labute approximate surface area is 108 Å². The van der Waals surface area contributed by atoms with E-state index in [1.54, 1.807) is 0 Å². The van der Waals surface area contributed by atoms with Crippen molar-refractivity contribution in [2.24, 2.45) is 0 Å². The summed E-state index contributed by atoms with van der Waals surface area (Å²) in [6.45, 7) is 0.735. The van der Waals surface area contributed by atoms with Gasteiger partial charge >= 0.3 is 7.12 Å². The summed E-state index contributed by atoms with van der Waals surface area (Å²) in [6.07, 6.45) is 1.04. The summed E-state index contributed by atoms with van der Waals surface area (Å²) >= 11 is 0. The quantitative estimate of drug-likeness (QED) is 0.748. The SMILES string of the molecule is c1ccc(B2OCCC(c3ccccc3)O2)cc1. The van der Waals surface area contributed by atoms with Gasteiger partial charge < -0.3 is 9.31 Å². The molecule has 0 N–H and O–H groups in total. The van der Waals surface area contributed by atoms with Gasteiger partial charge in [-0.15, -0.1) is 0 Å². The highest BCUT2D eigenvalue weighted by Crippen LogP contribution is 2.25. The van der Waals surface area contributed by atoms with E-state index in [0.29, 0.717) is 0 Å². The van der Waals surface area contributed by atoms with Crippen LogP contribution in [0.2, 0.25) is 0 Å². The minimum absolute atomic E-state index is 0.130. The summed E-state index contributed by atoms with van der Waals surface area (Å²) in [7, 11) is -0.245. The van der Waals surface area contributed by atoms with Gasteiger partial charge in [0.2, 0.25) is 0 Å². The number of rotatable bonds is 2. The van der Waals surface area contributed by atoms with Gasteiger partial charge in [0, 0.05) is 6.61 Å². The molecule has 1 heterocycles. The molecule has 0 bridgehead atoms. The van der Waals surface area contributed by atoms with E-state index in [4.69, 9.17) is 9.31 Å². The molecule has 3 rings (SSSR count). The average Bonchev–Trinajstić information content (AvgIpc) is 2.49. The Morgan fingerprint density at radius 1 is 0.889 bits per heavy atom. The fourth-order valence-corrected chi connectivity index (χ4v) is 2.24.